The molecule has 70 valence electrons. The molecule has 3 aliphatic heterocycles. The first-order chi connectivity index (χ1) is 5.54. The Morgan fingerprint density at radius 3 is 1.83 bits per heavy atom. The number of fused-ring (bicyclic) bond motifs is 3. The van der Waals surface area contributed by atoms with Crippen molar-refractivity contribution in [3.05, 3.63) is 0 Å². The number of hydrogen-bond donors (Lipinski definition) is 1. The van der Waals surface area contributed by atoms with Gasteiger partial charge in [-0.1, -0.05) is 0 Å². The molecule has 3 rings (SSSR count). The van der Waals surface area contributed by atoms with Gasteiger partial charge in [-0.05, 0) is 13.8 Å². The molecule has 2 bridgehead atoms. The second kappa shape index (κ2) is 2.42. The predicted molar refractivity (Wildman–Crippen MR) is 42.3 cm³/mol. The van der Waals surface area contributed by atoms with Gasteiger partial charge in [-0.25, -0.2) is 0 Å². The fraction of sp³-hybridized carbons (Fsp3) is 1.00. The first kappa shape index (κ1) is 8.44. The summed E-state index contributed by atoms with van der Waals surface area (Å²) in [5, 5.41) is 0. The molecule has 4 nitrogen and oxygen atoms in total. The van der Waals surface area contributed by atoms with Crippen LogP contribution in [-0.4, -0.2) is 31.3 Å². The minimum Gasteiger partial charge on any atom is -0.326 e. The predicted octanol–water partition coefficient (Wildman–Crippen LogP) is 0.0707. The molecule has 0 amide bonds. The van der Waals surface area contributed by atoms with E-state index in [1.807, 2.05) is 13.8 Å². The highest BCUT2D eigenvalue weighted by molar-refractivity contribution is 4.90. The van der Waals surface area contributed by atoms with Crippen molar-refractivity contribution in [2.45, 2.75) is 25.4 Å². The maximum absolute atomic E-state index is 5.91. The molecule has 0 aromatic carbocycles. The fourth-order valence-electron chi connectivity index (χ4n) is 1.51. The summed E-state index contributed by atoms with van der Waals surface area (Å²) in [5.74, 6) is -0.615. The third kappa shape index (κ3) is 1.07. The Hall–Kier alpha value is -0.160. The van der Waals surface area contributed by atoms with Gasteiger partial charge in [-0.2, -0.15) is 0 Å². The van der Waals surface area contributed by atoms with Crippen molar-refractivity contribution in [3.8, 4) is 0 Å². The van der Waals surface area contributed by atoms with Crippen molar-refractivity contribution in [3.63, 3.8) is 0 Å². The minimum absolute atomic E-state index is 0.384. The van der Waals surface area contributed by atoms with E-state index in [4.69, 9.17) is 19.9 Å². The van der Waals surface area contributed by atoms with Crippen molar-refractivity contribution in [1.82, 2.24) is 0 Å². The van der Waals surface area contributed by atoms with Gasteiger partial charge in [0, 0.05) is 5.92 Å². The van der Waals surface area contributed by atoms with Crippen molar-refractivity contribution >= 4 is 0 Å². The fourth-order valence-corrected chi connectivity index (χ4v) is 1.51. The van der Waals surface area contributed by atoms with E-state index < -0.39 is 11.5 Å². The Bertz CT molecular complexity index is 165. The largest absolute Gasteiger partial charge is 0.326 e. The lowest BCUT2D eigenvalue weighted by Gasteiger charge is -2.51. The Labute approximate surface area is 72.0 Å². The van der Waals surface area contributed by atoms with Crippen LogP contribution in [0.15, 0.2) is 0 Å². The van der Waals surface area contributed by atoms with Crippen LogP contribution in [0, 0.1) is 5.92 Å². The summed E-state index contributed by atoms with van der Waals surface area (Å²) in [6.45, 7) is 5.78. The lowest BCUT2D eigenvalue weighted by molar-refractivity contribution is -0.467. The van der Waals surface area contributed by atoms with E-state index >= 15 is 0 Å². The standard InChI is InChI=1S/C8H15NO3/c1-7(2,9)8-10-3-6(4-11-8)5-12-8/h6H,3-5,9H2,1-2H3. The molecule has 0 aromatic heterocycles. The average molecular weight is 173 g/mol. The van der Waals surface area contributed by atoms with Crippen LogP contribution in [0.5, 0.6) is 0 Å². The van der Waals surface area contributed by atoms with Crippen LogP contribution >= 0.6 is 0 Å². The Kier molecular flexibility index (Phi) is 1.70. The smallest absolute Gasteiger partial charge is 0.301 e. The zero-order chi connectivity index (χ0) is 8.82. The van der Waals surface area contributed by atoms with Crippen LogP contribution < -0.4 is 5.73 Å². The van der Waals surface area contributed by atoms with Crippen LogP contribution in [-0.2, 0) is 14.2 Å². The lowest BCUT2D eigenvalue weighted by atomic mass is 10.00. The summed E-state index contributed by atoms with van der Waals surface area (Å²) in [6.07, 6.45) is 0. The highest BCUT2D eigenvalue weighted by Crippen LogP contribution is 2.36. The summed E-state index contributed by atoms with van der Waals surface area (Å²) < 4.78 is 16.4. The first-order valence-corrected chi connectivity index (χ1v) is 4.24. The zero-order valence-electron chi connectivity index (χ0n) is 7.50. The van der Waals surface area contributed by atoms with Crippen LogP contribution in [0.2, 0.25) is 0 Å². The highest BCUT2D eigenvalue weighted by Gasteiger charge is 2.53. The summed E-state index contributed by atoms with van der Waals surface area (Å²) in [7, 11) is 0. The van der Waals surface area contributed by atoms with Gasteiger partial charge in [0.25, 0.3) is 0 Å². The van der Waals surface area contributed by atoms with Crippen molar-refractivity contribution in [2.24, 2.45) is 11.7 Å². The van der Waals surface area contributed by atoms with Crippen LogP contribution in [0.4, 0.5) is 0 Å². The molecule has 3 saturated heterocycles. The number of hydrogen-bond acceptors (Lipinski definition) is 4. The van der Waals surface area contributed by atoms with Crippen LogP contribution in [0.1, 0.15) is 13.8 Å². The van der Waals surface area contributed by atoms with Gasteiger partial charge in [0.05, 0.1) is 25.4 Å². The van der Waals surface area contributed by atoms with Gasteiger partial charge in [-0.15, -0.1) is 0 Å². The van der Waals surface area contributed by atoms with E-state index in [-0.39, 0.29) is 0 Å². The lowest BCUT2D eigenvalue weighted by Crippen LogP contribution is -2.67. The third-order valence-corrected chi connectivity index (χ3v) is 2.32. The third-order valence-electron chi connectivity index (χ3n) is 2.32. The molecule has 0 unspecified atom stereocenters. The summed E-state index contributed by atoms with van der Waals surface area (Å²) in [6, 6.07) is 0. The molecular weight excluding hydrogens is 158 g/mol. The molecule has 3 heterocycles. The van der Waals surface area contributed by atoms with E-state index in [1.54, 1.807) is 0 Å². The maximum Gasteiger partial charge on any atom is 0.301 e. The summed E-state index contributed by atoms with van der Waals surface area (Å²) in [5.41, 5.74) is 5.29. The molecule has 0 saturated carbocycles. The minimum atomic E-state index is -0.998. The van der Waals surface area contributed by atoms with Crippen molar-refractivity contribution in [2.75, 3.05) is 19.8 Å². The van der Waals surface area contributed by atoms with E-state index in [1.165, 1.54) is 0 Å². The maximum atomic E-state index is 5.91. The van der Waals surface area contributed by atoms with Gasteiger partial charge < -0.3 is 19.9 Å². The number of rotatable bonds is 1. The molecule has 12 heavy (non-hydrogen) atoms. The topological polar surface area (TPSA) is 53.7 Å². The molecule has 0 aromatic rings. The van der Waals surface area contributed by atoms with Gasteiger partial charge in [0.1, 0.15) is 0 Å². The SMILES string of the molecule is CC(C)(N)C12OCC(CO1)CO2. The highest BCUT2D eigenvalue weighted by atomic mass is 16.9. The number of nitrogens with two attached hydrogens (primary N) is 1. The van der Waals surface area contributed by atoms with Gasteiger partial charge in [0.15, 0.2) is 0 Å². The second-order valence-electron chi connectivity index (χ2n) is 4.08. The quantitative estimate of drug-likeness (QED) is 0.609. The van der Waals surface area contributed by atoms with E-state index in [0.29, 0.717) is 25.7 Å². The molecule has 0 radical (unpaired) electrons. The Morgan fingerprint density at radius 2 is 1.58 bits per heavy atom. The number of ether oxygens (including phenoxy) is 3. The van der Waals surface area contributed by atoms with Crippen LogP contribution in [0.3, 0.4) is 0 Å². The van der Waals surface area contributed by atoms with Gasteiger partial charge in [-0.3, -0.25) is 0 Å². The molecule has 3 aliphatic rings. The summed E-state index contributed by atoms with van der Waals surface area (Å²) >= 11 is 0. The molecule has 0 spiro atoms. The average Bonchev–Trinajstić information content (AvgIpc) is 2.06. The molecule has 3 fully saturated rings. The molecule has 0 aliphatic carbocycles. The first-order valence-electron chi connectivity index (χ1n) is 4.24. The van der Waals surface area contributed by atoms with Crippen molar-refractivity contribution in [1.29, 1.82) is 0 Å². The van der Waals surface area contributed by atoms with Crippen molar-refractivity contribution < 1.29 is 14.2 Å². The molecule has 4 heteroatoms. The van der Waals surface area contributed by atoms with E-state index in [2.05, 4.69) is 0 Å². The van der Waals surface area contributed by atoms with Gasteiger partial charge in [0.2, 0.25) is 0 Å². The molecule has 0 atom stereocenters. The Morgan fingerprint density at radius 1 is 1.17 bits per heavy atom. The molecule has 2 N–H and O–H groups in total. The van der Waals surface area contributed by atoms with Gasteiger partial charge >= 0.3 is 5.97 Å². The Balaban J connectivity index is 2.19. The normalized spacial score (nSPS) is 41.8. The second-order valence-corrected chi connectivity index (χ2v) is 4.08. The zero-order valence-corrected chi connectivity index (χ0v) is 7.50. The summed E-state index contributed by atoms with van der Waals surface area (Å²) in [4.78, 5) is 0. The monoisotopic (exact) mass is 173 g/mol. The van der Waals surface area contributed by atoms with E-state index in [0.717, 1.165) is 0 Å². The molecular formula is C8H15NO3. The van der Waals surface area contributed by atoms with Crippen LogP contribution in [0.25, 0.3) is 0 Å². The van der Waals surface area contributed by atoms with E-state index in [9.17, 15) is 0 Å².